The number of anilines is 2. The summed E-state index contributed by atoms with van der Waals surface area (Å²) in [4.78, 5) is 25.8. The van der Waals surface area contributed by atoms with Crippen molar-refractivity contribution in [2.24, 2.45) is 0 Å². The first-order valence-electron chi connectivity index (χ1n) is 7.95. The predicted octanol–water partition coefficient (Wildman–Crippen LogP) is 3.77. The van der Waals surface area contributed by atoms with E-state index in [0.29, 0.717) is 17.8 Å². The molecule has 5 heteroatoms. The number of hydrogen-bond donors (Lipinski definition) is 1. The normalized spacial score (nSPS) is 13.2. The van der Waals surface area contributed by atoms with Crippen LogP contribution in [0.3, 0.4) is 0 Å². The van der Waals surface area contributed by atoms with E-state index in [9.17, 15) is 9.59 Å². The van der Waals surface area contributed by atoms with Gasteiger partial charge in [-0.3, -0.25) is 4.90 Å². The maximum Gasteiger partial charge on any atom is 0.337 e. The van der Waals surface area contributed by atoms with E-state index in [0.717, 1.165) is 18.5 Å². The second-order valence-electron chi connectivity index (χ2n) is 5.89. The summed E-state index contributed by atoms with van der Waals surface area (Å²) in [7, 11) is 1.34. The molecule has 0 unspecified atom stereocenters. The highest BCUT2D eigenvalue weighted by molar-refractivity contribution is 6.02. The van der Waals surface area contributed by atoms with Crippen LogP contribution in [0.4, 0.5) is 16.2 Å². The van der Waals surface area contributed by atoms with Crippen molar-refractivity contribution in [3.05, 3.63) is 59.2 Å². The largest absolute Gasteiger partial charge is 0.465 e. The molecule has 124 valence electrons. The van der Waals surface area contributed by atoms with Crippen LogP contribution < -0.4 is 10.2 Å². The van der Waals surface area contributed by atoms with Crippen molar-refractivity contribution in [1.82, 2.24) is 0 Å². The molecule has 2 amide bonds. The van der Waals surface area contributed by atoms with Crippen molar-refractivity contribution in [3.63, 3.8) is 0 Å². The van der Waals surface area contributed by atoms with E-state index in [1.165, 1.54) is 18.2 Å². The highest BCUT2D eigenvalue weighted by atomic mass is 16.5. The van der Waals surface area contributed by atoms with Gasteiger partial charge in [-0.05, 0) is 55.7 Å². The Morgan fingerprint density at radius 3 is 2.58 bits per heavy atom. The minimum absolute atomic E-state index is 0.161. The van der Waals surface area contributed by atoms with Gasteiger partial charge in [0.05, 0.1) is 12.7 Å². The third-order valence-electron chi connectivity index (χ3n) is 4.16. The van der Waals surface area contributed by atoms with Crippen molar-refractivity contribution < 1.29 is 14.3 Å². The van der Waals surface area contributed by atoms with Crippen molar-refractivity contribution >= 4 is 23.4 Å². The Morgan fingerprint density at radius 1 is 1.12 bits per heavy atom. The van der Waals surface area contributed by atoms with Crippen LogP contribution in [-0.2, 0) is 11.2 Å². The van der Waals surface area contributed by atoms with E-state index in [-0.39, 0.29) is 6.03 Å². The average molecular weight is 324 g/mol. The summed E-state index contributed by atoms with van der Waals surface area (Å²) in [5.41, 5.74) is 4.48. The molecular weight excluding hydrogens is 304 g/mol. The smallest absolute Gasteiger partial charge is 0.337 e. The lowest BCUT2D eigenvalue weighted by Crippen LogP contribution is -2.38. The number of benzene rings is 2. The highest BCUT2D eigenvalue weighted by Gasteiger charge is 2.22. The minimum atomic E-state index is -0.395. The number of carbonyl (C=O) groups is 2. The fraction of sp³-hybridized carbons (Fsp3) is 0.263. The number of fused-ring (bicyclic) bond motifs is 1. The molecule has 0 bridgehead atoms. The summed E-state index contributed by atoms with van der Waals surface area (Å²) in [5.74, 6) is -0.395. The quantitative estimate of drug-likeness (QED) is 0.856. The number of rotatable bonds is 2. The second kappa shape index (κ2) is 6.74. The SMILES string of the molecule is COC(=O)c1ccc(NC(=O)N2CCCc3cc(C)ccc32)cc1. The molecule has 2 aromatic rings. The second-order valence-corrected chi connectivity index (χ2v) is 5.89. The Labute approximate surface area is 141 Å². The van der Waals surface area contributed by atoms with Crippen molar-refractivity contribution in [2.75, 3.05) is 23.9 Å². The average Bonchev–Trinajstić information content (AvgIpc) is 2.60. The van der Waals surface area contributed by atoms with Gasteiger partial charge < -0.3 is 10.1 Å². The van der Waals surface area contributed by atoms with E-state index < -0.39 is 5.97 Å². The lowest BCUT2D eigenvalue weighted by molar-refractivity contribution is 0.0601. The summed E-state index contributed by atoms with van der Waals surface area (Å²) < 4.78 is 4.67. The van der Waals surface area contributed by atoms with Gasteiger partial charge in [-0.15, -0.1) is 0 Å². The molecule has 0 spiro atoms. The number of ether oxygens (including phenoxy) is 1. The third-order valence-corrected chi connectivity index (χ3v) is 4.16. The molecule has 1 aliphatic heterocycles. The first kappa shape index (κ1) is 16.1. The van der Waals surface area contributed by atoms with Crippen LogP contribution in [-0.4, -0.2) is 25.7 Å². The molecule has 1 heterocycles. The molecule has 1 N–H and O–H groups in total. The number of nitrogens with one attached hydrogen (secondary N) is 1. The molecule has 0 aromatic heterocycles. The zero-order valence-electron chi connectivity index (χ0n) is 13.8. The maximum absolute atomic E-state index is 12.6. The Kier molecular flexibility index (Phi) is 4.51. The summed E-state index contributed by atoms with van der Waals surface area (Å²) in [5, 5.41) is 2.89. The molecule has 0 atom stereocenters. The molecule has 24 heavy (non-hydrogen) atoms. The molecule has 3 rings (SSSR count). The number of hydrogen-bond acceptors (Lipinski definition) is 3. The Balaban J connectivity index is 1.75. The lowest BCUT2D eigenvalue weighted by Gasteiger charge is -2.29. The van der Waals surface area contributed by atoms with E-state index in [2.05, 4.69) is 23.0 Å². The number of esters is 1. The first-order valence-corrected chi connectivity index (χ1v) is 7.95. The fourth-order valence-electron chi connectivity index (χ4n) is 2.94. The zero-order chi connectivity index (χ0) is 17.1. The number of methoxy groups -OCH3 is 1. The fourth-order valence-corrected chi connectivity index (χ4v) is 2.94. The molecule has 0 saturated carbocycles. The monoisotopic (exact) mass is 324 g/mol. The summed E-state index contributed by atoms with van der Waals surface area (Å²) >= 11 is 0. The summed E-state index contributed by atoms with van der Waals surface area (Å²) in [6.07, 6.45) is 1.94. The van der Waals surface area contributed by atoms with Crippen LogP contribution in [0.15, 0.2) is 42.5 Å². The summed E-state index contributed by atoms with van der Waals surface area (Å²) in [6.45, 7) is 2.75. The topological polar surface area (TPSA) is 58.6 Å². The van der Waals surface area contributed by atoms with Crippen LogP contribution in [0, 0.1) is 6.92 Å². The first-order chi connectivity index (χ1) is 11.6. The van der Waals surface area contributed by atoms with Gasteiger partial charge in [-0.25, -0.2) is 9.59 Å². The van der Waals surface area contributed by atoms with Gasteiger partial charge in [-0.2, -0.15) is 0 Å². The van der Waals surface area contributed by atoms with Crippen molar-refractivity contribution in [2.45, 2.75) is 19.8 Å². The summed E-state index contributed by atoms with van der Waals surface area (Å²) in [6, 6.07) is 12.7. The third kappa shape index (κ3) is 3.25. The minimum Gasteiger partial charge on any atom is -0.465 e. The Bertz CT molecular complexity index is 769. The molecule has 0 aliphatic carbocycles. The van der Waals surface area contributed by atoms with Crippen LogP contribution in [0.25, 0.3) is 0 Å². The van der Waals surface area contributed by atoms with E-state index in [4.69, 9.17) is 0 Å². The van der Waals surface area contributed by atoms with Gasteiger partial charge in [0.25, 0.3) is 0 Å². The van der Waals surface area contributed by atoms with E-state index in [1.54, 1.807) is 29.2 Å². The number of aryl methyl sites for hydroxylation is 2. The standard InChI is InChI=1S/C19H20N2O3/c1-13-5-10-17-15(12-13)4-3-11-21(17)19(23)20-16-8-6-14(7-9-16)18(22)24-2/h5-10,12H,3-4,11H2,1-2H3,(H,20,23). The van der Waals surface area contributed by atoms with E-state index >= 15 is 0 Å². The van der Waals surface area contributed by atoms with Gasteiger partial charge >= 0.3 is 12.0 Å². The molecule has 0 radical (unpaired) electrons. The van der Waals surface area contributed by atoms with Gasteiger partial charge in [0.1, 0.15) is 0 Å². The molecule has 0 fully saturated rings. The number of amides is 2. The maximum atomic E-state index is 12.6. The Hall–Kier alpha value is -2.82. The van der Waals surface area contributed by atoms with Crippen LogP contribution in [0.5, 0.6) is 0 Å². The lowest BCUT2D eigenvalue weighted by atomic mass is 10.00. The molecule has 0 saturated heterocycles. The Morgan fingerprint density at radius 2 is 1.88 bits per heavy atom. The van der Waals surface area contributed by atoms with Crippen LogP contribution in [0.1, 0.15) is 27.9 Å². The molecule has 5 nitrogen and oxygen atoms in total. The molecule has 1 aliphatic rings. The van der Waals surface area contributed by atoms with Crippen LogP contribution >= 0.6 is 0 Å². The van der Waals surface area contributed by atoms with Crippen molar-refractivity contribution in [3.8, 4) is 0 Å². The predicted molar refractivity (Wildman–Crippen MR) is 93.6 cm³/mol. The molecular formula is C19H20N2O3. The van der Waals surface area contributed by atoms with E-state index in [1.807, 2.05) is 12.1 Å². The van der Waals surface area contributed by atoms with Crippen molar-refractivity contribution in [1.29, 1.82) is 0 Å². The van der Waals surface area contributed by atoms with Gasteiger partial charge in [0.2, 0.25) is 0 Å². The van der Waals surface area contributed by atoms with Gasteiger partial charge in [0, 0.05) is 17.9 Å². The molecule has 2 aromatic carbocycles. The highest BCUT2D eigenvalue weighted by Crippen LogP contribution is 2.28. The number of nitrogens with zero attached hydrogens (tertiary/aromatic N) is 1. The van der Waals surface area contributed by atoms with Gasteiger partial charge in [-0.1, -0.05) is 17.7 Å². The zero-order valence-corrected chi connectivity index (χ0v) is 13.8. The number of carbonyl (C=O) groups excluding carboxylic acids is 2. The van der Waals surface area contributed by atoms with Gasteiger partial charge in [0.15, 0.2) is 0 Å². The number of urea groups is 1. The van der Waals surface area contributed by atoms with Crippen LogP contribution in [0.2, 0.25) is 0 Å².